The molecule has 6 heteroatoms. The summed E-state index contributed by atoms with van der Waals surface area (Å²) in [7, 11) is 0. The number of hydrogen-bond donors (Lipinski definition) is 3. The van der Waals surface area contributed by atoms with Gasteiger partial charge in [-0.3, -0.25) is 9.89 Å². The van der Waals surface area contributed by atoms with Gasteiger partial charge >= 0.3 is 0 Å². The number of phenolic OH excluding ortho intramolecular Hbond substituents is 1. The standard InChI is InChI=1S/C15H18FN3O2/c1-10(12-5-6-14(20)13(16)7-12)19-15(21)4-2-3-11-8-17-18-9-11/h5-10,20H,2-4H2,1H3,(H,17,18)(H,19,21). The minimum Gasteiger partial charge on any atom is -0.505 e. The van der Waals surface area contributed by atoms with E-state index in [1.807, 2.05) is 0 Å². The number of aromatic amines is 1. The Kier molecular flexibility index (Phi) is 4.92. The van der Waals surface area contributed by atoms with Crippen LogP contribution >= 0.6 is 0 Å². The third-order valence-corrected chi connectivity index (χ3v) is 3.27. The minimum atomic E-state index is -0.687. The van der Waals surface area contributed by atoms with Gasteiger partial charge in [0.05, 0.1) is 12.2 Å². The van der Waals surface area contributed by atoms with E-state index >= 15 is 0 Å². The van der Waals surface area contributed by atoms with Crippen LogP contribution in [0.25, 0.3) is 0 Å². The van der Waals surface area contributed by atoms with Crippen LogP contribution < -0.4 is 5.32 Å². The lowest BCUT2D eigenvalue weighted by atomic mass is 10.1. The van der Waals surface area contributed by atoms with Gasteiger partial charge in [0, 0.05) is 12.6 Å². The van der Waals surface area contributed by atoms with E-state index in [1.54, 1.807) is 25.4 Å². The molecule has 0 aliphatic rings. The number of amides is 1. The van der Waals surface area contributed by atoms with Crippen molar-refractivity contribution in [1.82, 2.24) is 15.5 Å². The summed E-state index contributed by atoms with van der Waals surface area (Å²) in [4.78, 5) is 11.8. The molecule has 1 aromatic carbocycles. The van der Waals surface area contributed by atoms with Gasteiger partial charge in [-0.25, -0.2) is 4.39 Å². The molecule has 0 saturated carbocycles. The Morgan fingerprint density at radius 3 is 3.00 bits per heavy atom. The van der Waals surface area contributed by atoms with Gasteiger partial charge in [0.25, 0.3) is 0 Å². The molecule has 0 radical (unpaired) electrons. The number of nitrogens with one attached hydrogen (secondary N) is 2. The van der Waals surface area contributed by atoms with E-state index in [-0.39, 0.29) is 11.9 Å². The molecule has 0 bridgehead atoms. The van der Waals surface area contributed by atoms with Crippen molar-refractivity contribution in [3.63, 3.8) is 0 Å². The zero-order chi connectivity index (χ0) is 15.2. The molecule has 3 N–H and O–H groups in total. The maximum absolute atomic E-state index is 13.3. The molecular formula is C15H18FN3O2. The molecule has 0 aliphatic carbocycles. The van der Waals surface area contributed by atoms with Crippen molar-refractivity contribution in [2.45, 2.75) is 32.2 Å². The van der Waals surface area contributed by atoms with Crippen molar-refractivity contribution in [3.8, 4) is 5.75 Å². The number of hydrogen-bond acceptors (Lipinski definition) is 3. The second-order valence-corrected chi connectivity index (χ2v) is 4.96. The van der Waals surface area contributed by atoms with Gasteiger partial charge in [0.1, 0.15) is 0 Å². The number of phenols is 1. The number of benzene rings is 1. The van der Waals surface area contributed by atoms with Crippen LogP contribution in [0.15, 0.2) is 30.6 Å². The molecule has 21 heavy (non-hydrogen) atoms. The summed E-state index contributed by atoms with van der Waals surface area (Å²) in [5.41, 5.74) is 1.69. The summed E-state index contributed by atoms with van der Waals surface area (Å²) >= 11 is 0. The lowest BCUT2D eigenvalue weighted by molar-refractivity contribution is -0.121. The van der Waals surface area contributed by atoms with E-state index in [0.717, 1.165) is 18.4 Å². The van der Waals surface area contributed by atoms with Gasteiger partial charge in [-0.1, -0.05) is 6.07 Å². The van der Waals surface area contributed by atoms with E-state index in [1.165, 1.54) is 12.1 Å². The number of rotatable bonds is 6. The van der Waals surface area contributed by atoms with E-state index in [9.17, 15) is 9.18 Å². The molecule has 1 heterocycles. The molecule has 5 nitrogen and oxygen atoms in total. The largest absolute Gasteiger partial charge is 0.505 e. The Labute approximate surface area is 122 Å². The molecule has 2 aromatic rings. The maximum atomic E-state index is 13.3. The fraction of sp³-hybridized carbons (Fsp3) is 0.333. The van der Waals surface area contributed by atoms with Gasteiger partial charge in [-0.2, -0.15) is 5.10 Å². The third kappa shape index (κ3) is 4.30. The summed E-state index contributed by atoms with van der Waals surface area (Å²) in [6, 6.07) is 3.80. The van der Waals surface area contributed by atoms with Crippen molar-refractivity contribution >= 4 is 5.91 Å². The SMILES string of the molecule is CC(NC(=O)CCCc1cn[nH]c1)c1ccc(O)c(F)c1. The van der Waals surface area contributed by atoms with Crippen LogP contribution in [-0.4, -0.2) is 21.2 Å². The Morgan fingerprint density at radius 1 is 1.52 bits per heavy atom. The van der Waals surface area contributed by atoms with E-state index in [2.05, 4.69) is 15.5 Å². The fourth-order valence-corrected chi connectivity index (χ4v) is 2.06. The predicted molar refractivity (Wildman–Crippen MR) is 76.1 cm³/mol. The first-order valence-electron chi connectivity index (χ1n) is 6.81. The highest BCUT2D eigenvalue weighted by atomic mass is 19.1. The lowest BCUT2D eigenvalue weighted by Crippen LogP contribution is -2.26. The van der Waals surface area contributed by atoms with Crippen molar-refractivity contribution in [3.05, 3.63) is 47.5 Å². The first kappa shape index (κ1) is 15.0. The molecule has 1 atom stereocenters. The summed E-state index contributed by atoms with van der Waals surface area (Å²) in [5, 5.41) is 18.5. The Bertz CT molecular complexity index is 599. The third-order valence-electron chi connectivity index (χ3n) is 3.27. The number of aromatic nitrogens is 2. The monoisotopic (exact) mass is 291 g/mol. The number of H-pyrrole nitrogens is 1. The smallest absolute Gasteiger partial charge is 0.220 e. The summed E-state index contributed by atoms with van der Waals surface area (Å²) in [6.45, 7) is 1.78. The first-order chi connectivity index (χ1) is 10.1. The van der Waals surface area contributed by atoms with Gasteiger partial charge in [-0.05, 0) is 43.0 Å². The first-order valence-corrected chi connectivity index (χ1v) is 6.81. The maximum Gasteiger partial charge on any atom is 0.220 e. The van der Waals surface area contributed by atoms with Gasteiger partial charge in [0.15, 0.2) is 11.6 Å². The molecule has 0 aliphatic heterocycles. The second-order valence-electron chi connectivity index (χ2n) is 4.96. The van der Waals surface area contributed by atoms with Crippen LogP contribution in [0.3, 0.4) is 0 Å². The van der Waals surface area contributed by atoms with Crippen LogP contribution in [-0.2, 0) is 11.2 Å². The topological polar surface area (TPSA) is 78.0 Å². The fourth-order valence-electron chi connectivity index (χ4n) is 2.06. The van der Waals surface area contributed by atoms with Gasteiger partial charge in [0.2, 0.25) is 5.91 Å². The van der Waals surface area contributed by atoms with Crippen molar-refractivity contribution in [1.29, 1.82) is 0 Å². The van der Waals surface area contributed by atoms with Gasteiger partial charge < -0.3 is 10.4 Å². The van der Waals surface area contributed by atoms with Crippen LogP contribution in [0.5, 0.6) is 5.75 Å². The highest BCUT2D eigenvalue weighted by molar-refractivity contribution is 5.76. The summed E-state index contributed by atoms with van der Waals surface area (Å²) < 4.78 is 13.3. The molecule has 0 spiro atoms. The Hall–Kier alpha value is -2.37. The molecule has 0 fully saturated rings. The summed E-state index contributed by atoms with van der Waals surface area (Å²) in [6.07, 6.45) is 5.45. The molecule has 1 amide bonds. The van der Waals surface area contributed by atoms with Crippen molar-refractivity contribution in [2.75, 3.05) is 0 Å². The average Bonchev–Trinajstić information content (AvgIpc) is 2.95. The average molecular weight is 291 g/mol. The van der Waals surface area contributed by atoms with Crippen molar-refractivity contribution in [2.24, 2.45) is 0 Å². The molecular weight excluding hydrogens is 273 g/mol. The zero-order valence-corrected chi connectivity index (χ0v) is 11.8. The molecule has 1 unspecified atom stereocenters. The van der Waals surface area contributed by atoms with E-state index in [0.29, 0.717) is 12.0 Å². The van der Waals surface area contributed by atoms with Gasteiger partial charge in [-0.15, -0.1) is 0 Å². The minimum absolute atomic E-state index is 0.0838. The lowest BCUT2D eigenvalue weighted by Gasteiger charge is -2.14. The van der Waals surface area contributed by atoms with Crippen LogP contribution in [0.2, 0.25) is 0 Å². The molecule has 2 rings (SSSR count). The van der Waals surface area contributed by atoms with Crippen LogP contribution in [0, 0.1) is 5.82 Å². The number of carbonyl (C=O) groups is 1. The number of aromatic hydroxyl groups is 1. The molecule has 112 valence electrons. The molecule has 1 aromatic heterocycles. The Morgan fingerprint density at radius 2 is 2.33 bits per heavy atom. The van der Waals surface area contributed by atoms with Crippen LogP contribution in [0.1, 0.15) is 36.9 Å². The summed E-state index contributed by atoms with van der Waals surface area (Å²) in [5.74, 6) is -1.16. The number of aryl methyl sites for hydroxylation is 1. The highest BCUT2D eigenvalue weighted by Gasteiger charge is 2.11. The van der Waals surface area contributed by atoms with E-state index < -0.39 is 11.6 Å². The zero-order valence-electron chi connectivity index (χ0n) is 11.8. The Balaban J connectivity index is 1.79. The predicted octanol–water partition coefficient (Wildman–Crippen LogP) is 2.45. The number of carbonyl (C=O) groups excluding carboxylic acids is 1. The number of nitrogens with zero attached hydrogens (tertiary/aromatic N) is 1. The van der Waals surface area contributed by atoms with E-state index in [4.69, 9.17) is 5.11 Å². The van der Waals surface area contributed by atoms with Crippen LogP contribution in [0.4, 0.5) is 4.39 Å². The normalized spacial score (nSPS) is 12.1. The molecule has 0 saturated heterocycles. The highest BCUT2D eigenvalue weighted by Crippen LogP contribution is 2.20. The van der Waals surface area contributed by atoms with Crippen molar-refractivity contribution < 1.29 is 14.3 Å². The quantitative estimate of drug-likeness (QED) is 0.765. The number of halogens is 1. The second kappa shape index (κ2) is 6.88.